The molecule has 1 N–H and O–H groups in total. The average molecular weight is 530 g/mol. The highest BCUT2D eigenvalue weighted by Crippen LogP contribution is 2.40. The zero-order chi connectivity index (χ0) is 23.9. The molecule has 2 aromatic carbocycles. The second kappa shape index (κ2) is 11.2. The van der Waals surface area contributed by atoms with E-state index in [2.05, 4.69) is 36.2 Å². The monoisotopic (exact) mass is 529 g/mol. The van der Waals surface area contributed by atoms with Crippen LogP contribution < -0.4 is 4.74 Å². The minimum Gasteiger partial charge on any atom is -0.497 e. The van der Waals surface area contributed by atoms with E-state index in [1.54, 1.807) is 35.9 Å². The van der Waals surface area contributed by atoms with Gasteiger partial charge in [-0.25, -0.2) is 0 Å². The molecule has 11 heteroatoms. The van der Waals surface area contributed by atoms with Crippen molar-refractivity contribution >= 4 is 44.6 Å². The normalized spacial score (nSPS) is 14.9. The van der Waals surface area contributed by atoms with Gasteiger partial charge in [0.2, 0.25) is 5.88 Å². The summed E-state index contributed by atoms with van der Waals surface area (Å²) < 4.78 is 13.1. The highest BCUT2D eigenvalue weighted by molar-refractivity contribution is 9.10. The lowest BCUT2D eigenvalue weighted by Gasteiger charge is -2.27. The van der Waals surface area contributed by atoms with E-state index in [4.69, 9.17) is 14.3 Å². The maximum Gasteiger partial charge on any atom is 0.304 e. The van der Waals surface area contributed by atoms with Crippen LogP contribution in [-0.2, 0) is 21.0 Å². The van der Waals surface area contributed by atoms with Crippen LogP contribution in [0.2, 0.25) is 0 Å². The Hall–Kier alpha value is -3.28. The minimum atomic E-state index is -0.629. The van der Waals surface area contributed by atoms with Gasteiger partial charge in [-0.05, 0) is 48.0 Å². The number of amides is 1. The Morgan fingerprint density at radius 1 is 1.21 bits per heavy atom. The van der Waals surface area contributed by atoms with Crippen molar-refractivity contribution in [3.63, 3.8) is 0 Å². The van der Waals surface area contributed by atoms with Crippen LogP contribution in [0.5, 0.6) is 11.6 Å². The molecular formula is C23H24BrN5O5. The minimum absolute atomic E-state index is 0.0606. The number of carbonyl (C=O) groups is 1. The van der Waals surface area contributed by atoms with Gasteiger partial charge in [0, 0.05) is 22.9 Å². The summed E-state index contributed by atoms with van der Waals surface area (Å²) in [6, 6.07) is 12.8. The number of rotatable bonds is 8. The van der Waals surface area contributed by atoms with Crippen LogP contribution in [0.25, 0.3) is 10.9 Å². The molecule has 1 amide bonds. The fourth-order valence-corrected chi connectivity index (χ4v) is 3.86. The Balaban J connectivity index is 1.44. The molecule has 2 heterocycles. The molecule has 1 aliphatic rings. The third kappa shape index (κ3) is 5.79. The molecule has 0 saturated carbocycles. The van der Waals surface area contributed by atoms with Gasteiger partial charge in [0.1, 0.15) is 5.75 Å². The molecule has 1 aromatic heterocycles. The Morgan fingerprint density at radius 3 is 2.71 bits per heavy atom. The molecule has 1 fully saturated rings. The number of halogens is 1. The number of hydrogen-bond acceptors (Lipinski definition) is 8. The fraction of sp³-hybridized carbons (Fsp3) is 0.304. The standard InChI is InChI=1S/C23H24BrN5O5/c1-32-18-5-2-16(3-6-18)13-25-34-14-21(30)26-27-22-19-12-17(24)4-7-20(19)29(23(22)31)15-28-8-10-33-11-9-28/h2-7,12-13,31H,8-11,14-15H2,1H3. The maximum atomic E-state index is 12.2. The summed E-state index contributed by atoms with van der Waals surface area (Å²) >= 11 is 3.45. The summed E-state index contributed by atoms with van der Waals surface area (Å²) in [6.07, 6.45) is 1.48. The van der Waals surface area contributed by atoms with Gasteiger partial charge in [0.05, 0.1) is 38.7 Å². The lowest BCUT2D eigenvalue weighted by atomic mass is 10.2. The third-order valence-corrected chi connectivity index (χ3v) is 5.75. The van der Waals surface area contributed by atoms with E-state index in [1.165, 1.54) is 6.21 Å². The summed E-state index contributed by atoms with van der Waals surface area (Å²) in [4.78, 5) is 19.4. The SMILES string of the molecule is COc1ccc(C=NOCC(=O)N=Nc2c(O)n(CN3CCOCC3)c3ccc(Br)cc23)cc1. The fourth-order valence-electron chi connectivity index (χ4n) is 3.50. The molecule has 1 saturated heterocycles. The molecule has 0 bridgehead atoms. The number of fused-ring (bicyclic) bond motifs is 1. The number of oxime groups is 1. The van der Waals surface area contributed by atoms with Gasteiger partial charge >= 0.3 is 5.91 Å². The number of aromatic nitrogens is 1. The van der Waals surface area contributed by atoms with Crippen molar-refractivity contribution < 1.29 is 24.2 Å². The van der Waals surface area contributed by atoms with Crippen LogP contribution in [0, 0.1) is 0 Å². The van der Waals surface area contributed by atoms with Gasteiger partial charge in [-0.1, -0.05) is 21.1 Å². The largest absolute Gasteiger partial charge is 0.497 e. The first kappa shape index (κ1) is 23.9. The van der Waals surface area contributed by atoms with Crippen LogP contribution in [-0.4, -0.2) is 66.7 Å². The summed E-state index contributed by atoms with van der Waals surface area (Å²) in [5.41, 5.74) is 1.80. The van der Waals surface area contributed by atoms with Crippen molar-refractivity contribution in [2.75, 3.05) is 40.0 Å². The lowest BCUT2D eigenvalue weighted by Crippen LogP contribution is -2.37. The van der Waals surface area contributed by atoms with Crippen molar-refractivity contribution in [1.82, 2.24) is 9.47 Å². The van der Waals surface area contributed by atoms with E-state index in [9.17, 15) is 9.90 Å². The number of morpholine rings is 1. The molecule has 10 nitrogen and oxygen atoms in total. The number of azo groups is 1. The highest BCUT2D eigenvalue weighted by atomic mass is 79.9. The van der Waals surface area contributed by atoms with Gasteiger partial charge in [-0.3, -0.25) is 14.3 Å². The molecule has 0 aliphatic carbocycles. The first-order valence-electron chi connectivity index (χ1n) is 10.6. The number of benzene rings is 2. The summed E-state index contributed by atoms with van der Waals surface area (Å²) in [6.45, 7) is 2.91. The predicted molar refractivity (Wildman–Crippen MR) is 130 cm³/mol. The summed E-state index contributed by atoms with van der Waals surface area (Å²) in [5, 5.41) is 23.1. The molecule has 3 aromatic rings. The quantitative estimate of drug-likeness (QED) is 0.267. The van der Waals surface area contributed by atoms with E-state index >= 15 is 0 Å². The van der Waals surface area contributed by atoms with Crippen LogP contribution in [0.15, 0.2) is 62.3 Å². The number of aromatic hydroxyl groups is 1. The molecule has 178 valence electrons. The van der Waals surface area contributed by atoms with Gasteiger partial charge in [-0.15, -0.1) is 10.2 Å². The summed E-state index contributed by atoms with van der Waals surface area (Å²) in [5.74, 6) is 0.0418. The van der Waals surface area contributed by atoms with Crippen LogP contribution in [0.1, 0.15) is 5.56 Å². The van der Waals surface area contributed by atoms with Crippen molar-refractivity contribution in [1.29, 1.82) is 0 Å². The Kier molecular flexibility index (Phi) is 7.88. The molecule has 1 aliphatic heterocycles. The van der Waals surface area contributed by atoms with Crippen molar-refractivity contribution in [3.8, 4) is 11.6 Å². The molecule has 0 unspecified atom stereocenters. The number of methoxy groups -OCH3 is 1. The van der Waals surface area contributed by atoms with Crippen molar-refractivity contribution in [2.45, 2.75) is 6.67 Å². The second-order valence-electron chi connectivity index (χ2n) is 7.51. The van der Waals surface area contributed by atoms with Crippen molar-refractivity contribution in [2.24, 2.45) is 15.4 Å². The number of ether oxygens (including phenoxy) is 2. The van der Waals surface area contributed by atoms with Crippen LogP contribution in [0.4, 0.5) is 5.69 Å². The first-order valence-corrected chi connectivity index (χ1v) is 11.4. The van der Waals surface area contributed by atoms with E-state index in [0.29, 0.717) is 25.3 Å². The topological polar surface area (TPSA) is 110 Å². The highest BCUT2D eigenvalue weighted by Gasteiger charge is 2.20. The first-order chi connectivity index (χ1) is 16.5. The van der Waals surface area contributed by atoms with Gasteiger partial charge < -0.3 is 19.4 Å². The molecular weight excluding hydrogens is 506 g/mol. The van der Waals surface area contributed by atoms with E-state index in [0.717, 1.165) is 34.4 Å². The number of carbonyl (C=O) groups excluding carboxylic acids is 1. The molecule has 0 spiro atoms. The zero-order valence-electron chi connectivity index (χ0n) is 18.6. The molecule has 0 atom stereocenters. The van der Waals surface area contributed by atoms with E-state index in [1.807, 2.05) is 18.2 Å². The Bertz CT molecular complexity index is 1200. The van der Waals surface area contributed by atoms with E-state index in [-0.39, 0.29) is 18.2 Å². The third-order valence-electron chi connectivity index (χ3n) is 5.26. The number of hydrogen-bond donors (Lipinski definition) is 1. The number of nitrogens with zero attached hydrogens (tertiary/aromatic N) is 5. The van der Waals surface area contributed by atoms with Gasteiger partial charge in [-0.2, -0.15) is 0 Å². The Labute approximate surface area is 204 Å². The molecule has 4 rings (SSSR count). The average Bonchev–Trinajstić information content (AvgIpc) is 3.11. The summed E-state index contributed by atoms with van der Waals surface area (Å²) in [7, 11) is 1.59. The lowest BCUT2D eigenvalue weighted by molar-refractivity contribution is -0.122. The smallest absolute Gasteiger partial charge is 0.304 e. The Morgan fingerprint density at radius 2 is 1.97 bits per heavy atom. The van der Waals surface area contributed by atoms with Crippen LogP contribution in [0.3, 0.4) is 0 Å². The second-order valence-corrected chi connectivity index (χ2v) is 8.42. The predicted octanol–water partition coefficient (Wildman–Crippen LogP) is 4.07. The molecule has 34 heavy (non-hydrogen) atoms. The van der Waals surface area contributed by atoms with Gasteiger partial charge in [0.25, 0.3) is 0 Å². The maximum absolute atomic E-state index is 12.2. The van der Waals surface area contributed by atoms with Gasteiger partial charge in [0.15, 0.2) is 12.3 Å². The molecule has 0 radical (unpaired) electrons. The van der Waals surface area contributed by atoms with E-state index < -0.39 is 5.91 Å². The van der Waals surface area contributed by atoms with Crippen molar-refractivity contribution in [3.05, 3.63) is 52.5 Å². The van der Waals surface area contributed by atoms with Crippen LogP contribution >= 0.6 is 15.9 Å². The zero-order valence-corrected chi connectivity index (χ0v) is 20.1.